The summed E-state index contributed by atoms with van der Waals surface area (Å²) in [4.78, 5) is 14.1. The molecule has 1 aliphatic carbocycles. The van der Waals surface area contributed by atoms with Gasteiger partial charge in [0.15, 0.2) is 0 Å². The molecule has 2 rings (SSSR count). The van der Waals surface area contributed by atoms with Gasteiger partial charge in [-0.25, -0.2) is 0 Å². The van der Waals surface area contributed by atoms with Crippen molar-refractivity contribution in [1.29, 1.82) is 0 Å². The predicted octanol–water partition coefficient (Wildman–Crippen LogP) is 3.65. The summed E-state index contributed by atoms with van der Waals surface area (Å²) in [5, 5.41) is 0. The number of carbonyl (C=O) groups excluding carboxylic acids is 1. The molecule has 1 atom stereocenters. The molecule has 2 heteroatoms. The zero-order chi connectivity index (χ0) is 14.6. The summed E-state index contributed by atoms with van der Waals surface area (Å²) in [6.07, 6.45) is 6.28. The number of aldehydes is 1. The highest BCUT2D eigenvalue weighted by Crippen LogP contribution is 2.29. The van der Waals surface area contributed by atoms with Crippen LogP contribution in [0.15, 0.2) is 30.3 Å². The summed E-state index contributed by atoms with van der Waals surface area (Å²) < 4.78 is 0. The topological polar surface area (TPSA) is 20.3 Å². The Balaban J connectivity index is 2.04. The Morgan fingerprint density at radius 2 is 1.80 bits per heavy atom. The third-order valence-electron chi connectivity index (χ3n) is 4.88. The van der Waals surface area contributed by atoms with Crippen molar-refractivity contribution in [2.24, 2.45) is 5.92 Å². The van der Waals surface area contributed by atoms with Crippen molar-refractivity contribution in [3.63, 3.8) is 0 Å². The van der Waals surface area contributed by atoms with Crippen LogP contribution in [-0.2, 0) is 10.2 Å². The third-order valence-corrected chi connectivity index (χ3v) is 4.88. The van der Waals surface area contributed by atoms with Gasteiger partial charge >= 0.3 is 0 Å². The van der Waals surface area contributed by atoms with E-state index in [1.165, 1.54) is 25.7 Å². The van der Waals surface area contributed by atoms with E-state index in [4.69, 9.17) is 0 Å². The van der Waals surface area contributed by atoms with Crippen LogP contribution in [0.3, 0.4) is 0 Å². The Hall–Kier alpha value is -1.15. The Morgan fingerprint density at radius 1 is 1.20 bits per heavy atom. The summed E-state index contributed by atoms with van der Waals surface area (Å²) in [6, 6.07) is 10.8. The van der Waals surface area contributed by atoms with Crippen LogP contribution in [0.2, 0.25) is 0 Å². The fraction of sp³-hybridized carbons (Fsp3) is 0.611. The van der Waals surface area contributed by atoms with Crippen LogP contribution in [0, 0.1) is 5.92 Å². The van der Waals surface area contributed by atoms with E-state index < -0.39 is 5.41 Å². The van der Waals surface area contributed by atoms with Crippen molar-refractivity contribution in [2.75, 3.05) is 13.6 Å². The molecule has 20 heavy (non-hydrogen) atoms. The summed E-state index contributed by atoms with van der Waals surface area (Å²) in [7, 11) is 2.17. The maximum Gasteiger partial charge on any atom is 0.131 e. The number of hydrogen-bond donors (Lipinski definition) is 0. The lowest BCUT2D eigenvalue weighted by molar-refractivity contribution is -0.112. The molecule has 2 nitrogen and oxygen atoms in total. The van der Waals surface area contributed by atoms with Crippen molar-refractivity contribution < 1.29 is 4.79 Å². The Morgan fingerprint density at radius 3 is 2.35 bits per heavy atom. The van der Waals surface area contributed by atoms with Crippen molar-refractivity contribution in [1.82, 2.24) is 4.90 Å². The molecule has 1 aliphatic rings. The average Bonchev–Trinajstić information content (AvgIpc) is 2.48. The molecule has 0 bridgehead atoms. The van der Waals surface area contributed by atoms with E-state index in [-0.39, 0.29) is 0 Å². The normalized spacial score (nSPS) is 26.2. The second kappa shape index (κ2) is 6.53. The molecule has 0 radical (unpaired) electrons. The smallest absolute Gasteiger partial charge is 0.131 e. The first-order valence-corrected chi connectivity index (χ1v) is 7.77. The molecule has 0 aliphatic heterocycles. The second-order valence-electron chi connectivity index (χ2n) is 6.73. The third kappa shape index (κ3) is 3.49. The van der Waals surface area contributed by atoms with Gasteiger partial charge in [-0.15, -0.1) is 0 Å². The highest BCUT2D eigenvalue weighted by atomic mass is 16.1. The van der Waals surface area contributed by atoms with Gasteiger partial charge in [0.1, 0.15) is 6.29 Å². The summed E-state index contributed by atoms with van der Waals surface area (Å²) >= 11 is 0. The molecule has 1 unspecified atom stereocenters. The fourth-order valence-corrected chi connectivity index (χ4v) is 3.35. The minimum absolute atomic E-state index is 0.404. The van der Waals surface area contributed by atoms with Crippen LogP contribution >= 0.6 is 0 Å². The lowest BCUT2D eigenvalue weighted by Crippen LogP contribution is -2.44. The molecule has 110 valence electrons. The van der Waals surface area contributed by atoms with E-state index in [0.717, 1.165) is 24.3 Å². The minimum Gasteiger partial charge on any atom is -0.302 e. The maximum absolute atomic E-state index is 11.7. The van der Waals surface area contributed by atoms with E-state index in [2.05, 4.69) is 37.9 Å². The first-order chi connectivity index (χ1) is 9.55. The number of rotatable bonds is 5. The quantitative estimate of drug-likeness (QED) is 0.763. The van der Waals surface area contributed by atoms with Crippen molar-refractivity contribution in [2.45, 2.75) is 51.0 Å². The standard InChI is InChI=1S/C18H27NO/c1-15-9-11-17(12-10-15)19(3)13-18(2,14-20)16-7-5-4-6-8-16/h4-8,14-15,17H,9-13H2,1-3H3. The lowest BCUT2D eigenvalue weighted by Gasteiger charge is -2.37. The molecule has 0 N–H and O–H groups in total. The Labute approximate surface area is 123 Å². The summed E-state index contributed by atoms with van der Waals surface area (Å²) in [5.41, 5.74) is 0.713. The predicted molar refractivity (Wildman–Crippen MR) is 83.9 cm³/mol. The number of likely N-dealkylation sites (N-methyl/N-ethyl adjacent to an activating group) is 1. The number of nitrogens with zero attached hydrogens (tertiary/aromatic N) is 1. The van der Waals surface area contributed by atoms with Crippen molar-refractivity contribution >= 4 is 6.29 Å². The first-order valence-electron chi connectivity index (χ1n) is 7.77. The van der Waals surface area contributed by atoms with Gasteiger partial charge in [-0.1, -0.05) is 37.3 Å². The van der Waals surface area contributed by atoms with E-state index in [1.54, 1.807) is 0 Å². The van der Waals surface area contributed by atoms with Gasteiger partial charge in [-0.2, -0.15) is 0 Å². The monoisotopic (exact) mass is 273 g/mol. The molecular weight excluding hydrogens is 246 g/mol. The summed E-state index contributed by atoms with van der Waals surface area (Å²) in [5.74, 6) is 0.867. The zero-order valence-corrected chi connectivity index (χ0v) is 13.0. The number of hydrogen-bond acceptors (Lipinski definition) is 2. The molecule has 0 saturated heterocycles. The molecule has 1 aromatic carbocycles. The summed E-state index contributed by atoms with van der Waals surface area (Å²) in [6.45, 7) is 5.20. The molecular formula is C18H27NO. The van der Waals surface area contributed by atoms with Gasteiger partial charge in [0.05, 0.1) is 5.41 Å². The van der Waals surface area contributed by atoms with Crippen molar-refractivity contribution in [3.8, 4) is 0 Å². The largest absolute Gasteiger partial charge is 0.302 e. The van der Waals surface area contributed by atoms with Gasteiger partial charge in [-0.05, 0) is 51.1 Å². The second-order valence-corrected chi connectivity index (χ2v) is 6.73. The van der Waals surface area contributed by atoms with Crippen LogP contribution in [0.5, 0.6) is 0 Å². The first kappa shape index (κ1) is 15.2. The SMILES string of the molecule is CC1CCC(N(C)CC(C)(C=O)c2ccccc2)CC1. The minimum atomic E-state index is -0.404. The van der Waals surface area contributed by atoms with Gasteiger partial charge in [0.2, 0.25) is 0 Å². The van der Waals surface area contributed by atoms with Gasteiger partial charge in [-0.3, -0.25) is 0 Å². The van der Waals surface area contributed by atoms with E-state index in [1.807, 2.05) is 18.2 Å². The average molecular weight is 273 g/mol. The molecule has 1 aromatic rings. The van der Waals surface area contributed by atoms with Gasteiger partial charge < -0.3 is 9.69 Å². The van der Waals surface area contributed by atoms with Crippen LogP contribution in [0.25, 0.3) is 0 Å². The Bertz CT molecular complexity index is 422. The molecule has 1 saturated carbocycles. The zero-order valence-electron chi connectivity index (χ0n) is 13.0. The van der Waals surface area contributed by atoms with E-state index >= 15 is 0 Å². The van der Waals surface area contributed by atoms with Crippen molar-refractivity contribution in [3.05, 3.63) is 35.9 Å². The Kier molecular flexibility index (Phi) is 4.98. The van der Waals surface area contributed by atoms with Crippen LogP contribution in [0.4, 0.5) is 0 Å². The molecule has 0 heterocycles. The number of carbonyl (C=O) groups is 1. The molecule has 1 fully saturated rings. The van der Waals surface area contributed by atoms with Gasteiger partial charge in [0, 0.05) is 12.6 Å². The maximum atomic E-state index is 11.7. The van der Waals surface area contributed by atoms with Crippen LogP contribution in [0.1, 0.15) is 45.1 Å². The highest BCUT2D eigenvalue weighted by Gasteiger charge is 2.31. The van der Waals surface area contributed by atoms with E-state index in [0.29, 0.717) is 6.04 Å². The molecule has 0 spiro atoms. The van der Waals surface area contributed by atoms with Gasteiger partial charge in [0.25, 0.3) is 0 Å². The fourth-order valence-electron chi connectivity index (χ4n) is 3.35. The molecule has 0 aromatic heterocycles. The van der Waals surface area contributed by atoms with E-state index in [9.17, 15) is 4.79 Å². The highest BCUT2D eigenvalue weighted by molar-refractivity contribution is 5.68. The number of benzene rings is 1. The van der Waals surface area contributed by atoms with Crippen LogP contribution < -0.4 is 0 Å². The molecule has 0 amide bonds. The lowest BCUT2D eigenvalue weighted by atomic mass is 9.81. The van der Waals surface area contributed by atoms with Crippen LogP contribution in [-0.4, -0.2) is 30.8 Å².